The highest BCUT2D eigenvalue weighted by Gasteiger charge is 2.26. The van der Waals surface area contributed by atoms with Gasteiger partial charge in [-0.05, 0) is 25.5 Å². The first-order chi connectivity index (χ1) is 11.9. The zero-order valence-electron chi connectivity index (χ0n) is 14.0. The van der Waals surface area contributed by atoms with E-state index < -0.39 is 17.8 Å². The number of esters is 1. The molecule has 0 fully saturated rings. The van der Waals surface area contributed by atoms with Gasteiger partial charge in [-0.25, -0.2) is 9.48 Å². The maximum atomic E-state index is 12.4. The average Bonchev–Trinajstić information content (AvgIpc) is 3.13. The molecule has 3 N–H and O–H groups in total. The number of carbonyl (C=O) groups excluding carboxylic acids is 3. The average molecular weight is 366 g/mol. The van der Waals surface area contributed by atoms with Crippen molar-refractivity contribution >= 4 is 34.1 Å². The van der Waals surface area contributed by atoms with Crippen LogP contribution in [0.1, 0.15) is 43.0 Å². The quantitative estimate of drug-likeness (QED) is 0.713. The van der Waals surface area contributed by atoms with Crippen LogP contribution in [0.2, 0.25) is 0 Å². The highest BCUT2D eigenvalue weighted by molar-refractivity contribution is 7.18. The van der Waals surface area contributed by atoms with E-state index in [0.717, 1.165) is 11.3 Å². The number of nitrogens with two attached hydrogens (primary N) is 1. The van der Waals surface area contributed by atoms with Gasteiger partial charge in [0.15, 0.2) is 5.69 Å². The fourth-order valence-corrected chi connectivity index (χ4v) is 3.18. The van der Waals surface area contributed by atoms with E-state index in [0.29, 0.717) is 5.56 Å². The molecule has 0 radical (unpaired) electrons. The van der Waals surface area contributed by atoms with Gasteiger partial charge in [-0.1, -0.05) is 0 Å². The van der Waals surface area contributed by atoms with E-state index in [1.807, 2.05) is 0 Å². The zero-order chi connectivity index (χ0) is 18.6. The minimum atomic E-state index is -0.682. The van der Waals surface area contributed by atoms with Crippen molar-refractivity contribution in [1.82, 2.24) is 9.78 Å². The first-order valence-electron chi connectivity index (χ1n) is 7.33. The van der Waals surface area contributed by atoms with Crippen LogP contribution in [0.3, 0.4) is 0 Å². The molecule has 0 spiro atoms. The van der Waals surface area contributed by atoms with Crippen molar-refractivity contribution < 1.29 is 23.9 Å². The fraction of sp³-hybridized carbons (Fsp3) is 0.333. The van der Waals surface area contributed by atoms with Crippen molar-refractivity contribution in [3.05, 3.63) is 34.0 Å². The Balaban J connectivity index is 2.33. The number of primary amides is 1. The molecule has 2 aromatic rings. The van der Waals surface area contributed by atoms with E-state index >= 15 is 0 Å². The van der Waals surface area contributed by atoms with Gasteiger partial charge in [0.05, 0.1) is 17.0 Å². The van der Waals surface area contributed by atoms with Gasteiger partial charge in [0, 0.05) is 13.3 Å². The molecular weight excluding hydrogens is 348 g/mol. The number of methoxy groups -OCH3 is 1. The monoisotopic (exact) mass is 366 g/mol. The Bertz CT molecular complexity index is 811. The van der Waals surface area contributed by atoms with Gasteiger partial charge >= 0.3 is 5.97 Å². The van der Waals surface area contributed by atoms with E-state index in [1.165, 1.54) is 17.9 Å². The second-order valence-electron chi connectivity index (χ2n) is 4.96. The molecule has 2 rings (SSSR count). The van der Waals surface area contributed by atoms with Crippen LogP contribution in [0.25, 0.3) is 0 Å². The molecule has 2 heterocycles. The van der Waals surface area contributed by atoms with Crippen LogP contribution >= 0.6 is 11.3 Å². The summed E-state index contributed by atoms with van der Waals surface area (Å²) in [6.45, 7) is 3.60. The third-order valence-corrected chi connectivity index (χ3v) is 4.43. The Hall–Kier alpha value is -2.72. The lowest BCUT2D eigenvalue weighted by atomic mass is 10.1. The number of thiophene rings is 1. The number of hydrogen-bond acceptors (Lipinski definition) is 7. The zero-order valence-corrected chi connectivity index (χ0v) is 14.8. The minimum absolute atomic E-state index is 0.116. The van der Waals surface area contributed by atoms with Crippen LogP contribution in [-0.4, -0.2) is 41.3 Å². The SMILES string of the molecule is CCOC(=O)c1c(NC(=O)c2ccn(COC)n2)sc(C(N)=O)c1C. The molecule has 10 heteroatoms. The summed E-state index contributed by atoms with van der Waals surface area (Å²) in [7, 11) is 1.51. The summed E-state index contributed by atoms with van der Waals surface area (Å²) in [4.78, 5) is 36.3. The Morgan fingerprint density at radius 1 is 1.40 bits per heavy atom. The van der Waals surface area contributed by atoms with Crippen LogP contribution in [-0.2, 0) is 16.2 Å². The maximum Gasteiger partial charge on any atom is 0.341 e. The van der Waals surface area contributed by atoms with Crippen molar-refractivity contribution in [1.29, 1.82) is 0 Å². The topological polar surface area (TPSA) is 126 Å². The number of ether oxygens (including phenoxy) is 2. The molecule has 9 nitrogen and oxygen atoms in total. The molecule has 2 amide bonds. The highest BCUT2D eigenvalue weighted by Crippen LogP contribution is 2.33. The number of amides is 2. The highest BCUT2D eigenvalue weighted by atomic mass is 32.1. The van der Waals surface area contributed by atoms with Gasteiger partial charge in [-0.3, -0.25) is 9.59 Å². The molecule has 25 heavy (non-hydrogen) atoms. The van der Waals surface area contributed by atoms with Gasteiger partial charge in [-0.2, -0.15) is 5.10 Å². The number of rotatable bonds is 7. The van der Waals surface area contributed by atoms with Crippen LogP contribution in [0.15, 0.2) is 12.3 Å². The van der Waals surface area contributed by atoms with Gasteiger partial charge in [-0.15, -0.1) is 11.3 Å². The van der Waals surface area contributed by atoms with E-state index in [4.69, 9.17) is 15.2 Å². The number of nitrogens with one attached hydrogen (secondary N) is 1. The normalized spacial score (nSPS) is 10.5. The molecule has 0 atom stereocenters. The van der Waals surface area contributed by atoms with E-state index in [2.05, 4.69) is 10.4 Å². The number of carbonyl (C=O) groups is 3. The third-order valence-electron chi connectivity index (χ3n) is 3.21. The van der Waals surface area contributed by atoms with Crippen LogP contribution in [0.5, 0.6) is 0 Å². The third kappa shape index (κ3) is 4.03. The van der Waals surface area contributed by atoms with Gasteiger partial charge in [0.2, 0.25) is 0 Å². The second kappa shape index (κ2) is 7.90. The Morgan fingerprint density at radius 2 is 2.12 bits per heavy atom. The second-order valence-corrected chi connectivity index (χ2v) is 5.98. The van der Waals surface area contributed by atoms with Crippen molar-refractivity contribution in [2.45, 2.75) is 20.6 Å². The molecule has 0 unspecified atom stereocenters. The Labute approximate surface area is 147 Å². The van der Waals surface area contributed by atoms with E-state index in [-0.39, 0.29) is 34.5 Å². The summed E-state index contributed by atoms with van der Waals surface area (Å²) in [6, 6.07) is 1.51. The standard InChI is InChI=1S/C15H18N4O5S/c1-4-24-15(22)10-8(2)11(12(16)20)25-14(10)17-13(21)9-5-6-19(18-9)7-23-3/h5-6H,4,7H2,1-3H3,(H2,16,20)(H,17,21). The van der Waals surface area contributed by atoms with Crippen molar-refractivity contribution in [2.24, 2.45) is 5.73 Å². The number of aromatic nitrogens is 2. The molecule has 134 valence electrons. The molecule has 0 aliphatic rings. The number of nitrogens with zero attached hydrogens (tertiary/aromatic N) is 2. The van der Waals surface area contributed by atoms with Crippen molar-refractivity contribution in [3.63, 3.8) is 0 Å². The lowest BCUT2D eigenvalue weighted by Crippen LogP contribution is -2.16. The number of anilines is 1. The summed E-state index contributed by atoms with van der Waals surface area (Å²) in [5, 5.41) is 6.83. The van der Waals surface area contributed by atoms with Gasteiger partial charge in [0.25, 0.3) is 11.8 Å². The smallest absolute Gasteiger partial charge is 0.341 e. The summed E-state index contributed by atoms with van der Waals surface area (Å²) < 4.78 is 11.4. The number of hydrogen-bond donors (Lipinski definition) is 2. The van der Waals surface area contributed by atoms with Crippen molar-refractivity contribution in [3.8, 4) is 0 Å². The van der Waals surface area contributed by atoms with Crippen LogP contribution in [0, 0.1) is 6.92 Å². The molecule has 2 aromatic heterocycles. The van der Waals surface area contributed by atoms with Crippen LogP contribution < -0.4 is 11.1 Å². The van der Waals surface area contributed by atoms with E-state index in [9.17, 15) is 14.4 Å². The molecule has 0 saturated heterocycles. The first kappa shape index (κ1) is 18.6. The summed E-state index contributed by atoms with van der Waals surface area (Å²) in [5.41, 5.74) is 5.95. The Morgan fingerprint density at radius 3 is 2.72 bits per heavy atom. The lowest BCUT2D eigenvalue weighted by Gasteiger charge is -2.06. The lowest BCUT2D eigenvalue weighted by molar-refractivity contribution is 0.0527. The fourth-order valence-electron chi connectivity index (χ4n) is 2.14. The predicted octanol–water partition coefficient (Wildman–Crippen LogP) is 1.38. The predicted molar refractivity (Wildman–Crippen MR) is 90.7 cm³/mol. The summed E-state index contributed by atoms with van der Waals surface area (Å²) in [5.74, 6) is -1.85. The summed E-state index contributed by atoms with van der Waals surface area (Å²) in [6.07, 6.45) is 1.58. The molecule has 0 bridgehead atoms. The maximum absolute atomic E-state index is 12.4. The molecule has 0 saturated carbocycles. The minimum Gasteiger partial charge on any atom is -0.462 e. The van der Waals surface area contributed by atoms with Crippen molar-refractivity contribution in [2.75, 3.05) is 19.0 Å². The largest absolute Gasteiger partial charge is 0.462 e. The molecular formula is C15H18N4O5S. The summed E-state index contributed by atoms with van der Waals surface area (Å²) >= 11 is 0.922. The first-order valence-corrected chi connectivity index (χ1v) is 8.14. The van der Waals surface area contributed by atoms with E-state index in [1.54, 1.807) is 20.0 Å². The van der Waals surface area contributed by atoms with Gasteiger partial charge in [0.1, 0.15) is 11.7 Å². The van der Waals surface area contributed by atoms with Crippen LogP contribution in [0.4, 0.5) is 5.00 Å². The van der Waals surface area contributed by atoms with Gasteiger partial charge < -0.3 is 20.5 Å². The molecule has 0 aliphatic carbocycles. The molecule has 0 aliphatic heterocycles. The Kier molecular flexibility index (Phi) is 5.88. The molecule has 0 aromatic carbocycles.